The molecular formula is C12H21ClN4O. The van der Waals surface area contributed by atoms with Crippen LogP contribution in [0.2, 0.25) is 0 Å². The van der Waals surface area contributed by atoms with Gasteiger partial charge in [-0.3, -0.25) is 9.48 Å². The smallest absolute Gasteiger partial charge is 0.237 e. The summed E-state index contributed by atoms with van der Waals surface area (Å²) in [5.41, 5.74) is 0. The second-order valence-corrected chi connectivity index (χ2v) is 4.73. The Morgan fingerprint density at radius 2 is 2.50 bits per heavy atom. The van der Waals surface area contributed by atoms with Gasteiger partial charge in [0.15, 0.2) is 0 Å². The molecule has 1 amide bonds. The van der Waals surface area contributed by atoms with Gasteiger partial charge in [0.25, 0.3) is 0 Å². The van der Waals surface area contributed by atoms with Gasteiger partial charge in [-0.2, -0.15) is 5.10 Å². The van der Waals surface area contributed by atoms with Gasteiger partial charge >= 0.3 is 0 Å². The molecule has 1 aliphatic rings. The first kappa shape index (κ1) is 15.0. The Balaban J connectivity index is 0.00000162. The quantitative estimate of drug-likeness (QED) is 0.834. The van der Waals surface area contributed by atoms with Crippen LogP contribution in [0.15, 0.2) is 18.5 Å². The highest BCUT2D eigenvalue weighted by Crippen LogP contribution is 2.05. The molecule has 1 aliphatic heterocycles. The number of hydrogen-bond acceptors (Lipinski definition) is 3. The SMILES string of the molecule is CC(CNC(=O)C1CCCN1)Cn1cccn1.Cl. The van der Waals surface area contributed by atoms with E-state index in [2.05, 4.69) is 22.7 Å². The van der Waals surface area contributed by atoms with Crippen LogP contribution in [0.4, 0.5) is 0 Å². The molecule has 0 saturated carbocycles. The van der Waals surface area contributed by atoms with Crippen molar-refractivity contribution in [1.82, 2.24) is 20.4 Å². The van der Waals surface area contributed by atoms with Crippen molar-refractivity contribution in [2.75, 3.05) is 13.1 Å². The minimum Gasteiger partial charge on any atom is -0.354 e. The number of hydrogen-bond donors (Lipinski definition) is 2. The van der Waals surface area contributed by atoms with Crippen LogP contribution in [0, 0.1) is 5.92 Å². The van der Waals surface area contributed by atoms with Crippen LogP contribution in [0.25, 0.3) is 0 Å². The van der Waals surface area contributed by atoms with Gasteiger partial charge in [-0.15, -0.1) is 12.4 Å². The van der Waals surface area contributed by atoms with Gasteiger partial charge < -0.3 is 10.6 Å². The molecule has 2 heterocycles. The molecule has 1 aromatic rings. The van der Waals surface area contributed by atoms with Crippen molar-refractivity contribution in [3.05, 3.63) is 18.5 Å². The van der Waals surface area contributed by atoms with Crippen LogP contribution < -0.4 is 10.6 Å². The Morgan fingerprint density at radius 3 is 3.11 bits per heavy atom. The molecule has 0 aromatic carbocycles. The minimum absolute atomic E-state index is 0. The first-order valence-corrected chi connectivity index (χ1v) is 6.24. The second kappa shape index (κ2) is 7.38. The lowest BCUT2D eigenvalue weighted by Gasteiger charge is -2.15. The summed E-state index contributed by atoms with van der Waals surface area (Å²) in [5, 5.41) is 10.3. The van der Waals surface area contributed by atoms with E-state index in [1.165, 1.54) is 0 Å². The molecule has 0 spiro atoms. The highest BCUT2D eigenvalue weighted by atomic mass is 35.5. The molecular weight excluding hydrogens is 252 g/mol. The number of carbonyl (C=O) groups is 1. The van der Waals surface area contributed by atoms with Gasteiger partial charge in [0.1, 0.15) is 0 Å². The van der Waals surface area contributed by atoms with E-state index in [0.29, 0.717) is 12.5 Å². The summed E-state index contributed by atoms with van der Waals surface area (Å²) in [6.45, 7) is 4.62. The zero-order valence-corrected chi connectivity index (χ0v) is 11.4. The largest absolute Gasteiger partial charge is 0.354 e. The molecule has 2 atom stereocenters. The van der Waals surface area contributed by atoms with Gasteiger partial charge in [0.2, 0.25) is 5.91 Å². The average molecular weight is 273 g/mol. The molecule has 1 fully saturated rings. The standard InChI is InChI=1S/C12H20N4O.ClH/c1-10(9-16-7-3-6-15-16)8-14-12(17)11-4-2-5-13-11;/h3,6-7,10-11,13H,2,4-5,8-9H2,1H3,(H,14,17);1H. The topological polar surface area (TPSA) is 59.0 Å². The van der Waals surface area contributed by atoms with E-state index in [1.54, 1.807) is 6.20 Å². The number of nitrogens with zero attached hydrogens (tertiary/aromatic N) is 2. The molecule has 0 radical (unpaired) electrons. The molecule has 2 rings (SSSR count). The molecule has 6 heteroatoms. The normalized spacial score (nSPS) is 20.2. The molecule has 1 aromatic heterocycles. The molecule has 2 unspecified atom stereocenters. The van der Waals surface area contributed by atoms with E-state index in [9.17, 15) is 4.79 Å². The van der Waals surface area contributed by atoms with Crippen molar-refractivity contribution in [3.63, 3.8) is 0 Å². The minimum atomic E-state index is 0. The highest BCUT2D eigenvalue weighted by Gasteiger charge is 2.21. The fraction of sp³-hybridized carbons (Fsp3) is 0.667. The monoisotopic (exact) mass is 272 g/mol. The van der Waals surface area contributed by atoms with Crippen LogP contribution in [0.5, 0.6) is 0 Å². The van der Waals surface area contributed by atoms with Crippen molar-refractivity contribution < 1.29 is 4.79 Å². The second-order valence-electron chi connectivity index (χ2n) is 4.73. The summed E-state index contributed by atoms with van der Waals surface area (Å²) >= 11 is 0. The fourth-order valence-electron chi connectivity index (χ4n) is 2.10. The lowest BCUT2D eigenvalue weighted by molar-refractivity contribution is -0.122. The molecule has 102 valence electrons. The van der Waals surface area contributed by atoms with Crippen LogP contribution in [0.3, 0.4) is 0 Å². The molecule has 1 saturated heterocycles. The Hall–Kier alpha value is -1.07. The third-order valence-electron chi connectivity index (χ3n) is 3.06. The number of rotatable bonds is 5. The first-order chi connectivity index (χ1) is 8.25. The maximum atomic E-state index is 11.8. The van der Waals surface area contributed by atoms with E-state index in [1.807, 2.05) is 16.9 Å². The zero-order chi connectivity index (χ0) is 12.1. The van der Waals surface area contributed by atoms with E-state index in [0.717, 1.165) is 25.9 Å². The number of amides is 1. The van der Waals surface area contributed by atoms with Crippen molar-refractivity contribution in [1.29, 1.82) is 0 Å². The number of carbonyl (C=O) groups excluding carboxylic acids is 1. The van der Waals surface area contributed by atoms with Gasteiger partial charge in [0.05, 0.1) is 6.04 Å². The third-order valence-corrected chi connectivity index (χ3v) is 3.06. The van der Waals surface area contributed by atoms with Crippen molar-refractivity contribution in [2.45, 2.75) is 32.4 Å². The van der Waals surface area contributed by atoms with E-state index < -0.39 is 0 Å². The van der Waals surface area contributed by atoms with Crippen LogP contribution in [0.1, 0.15) is 19.8 Å². The van der Waals surface area contributed by atoms with Crippen LogP contribution in [-0.2, 0) is 11.3 Å². The van der Waals surface area contributed by atoms with Gasteiger partial charge in [0, 0.05) is 25.5 Å². The zero-order valence-electron chi connectivity index (χ0n) is 10.6. The number of nitrogens with one attached hydrogen (secondary N) is 2. The number of aromatic nitrogens is 2. The van der Waals surface area contributed by atoms with E-state index >= 15 is 0 Å². The Labute approximate surface area is 114 Å². The fourth-order valence-corrected chi connectivity index (χ4v) is 2.10. The lowest BCUT2D eigenvalue weighted by atomic mass is 10.1. The van der Waals surface area contributed by atoms with Gasteiger partial charge in [-0.25, -0.2) is 0 Å². The van der Waals surface area contributed by atoms with E-state index in [4.69, 9.17) is 0 Å². The summed E-state index contributed by atoms with van der Waals surface area (Å²) in [7, 11) is 0. The summed E-state index contributed by atoms with van der Waals surface area (Å²) in [5.74, 6) is 0.523. The van der Waals surface area contributed by atoms with Crippen molar-refractivity contribution in [3.8, 4) is 0 Å². The van der Waals surface area contributed by atoms with Crippen LogP contribution in [-0.4, -0.2) is 34.8 Å². The molecule has 0 bridgehead atoms. The lowest BCUT2D eigenvalue weighted by Crippen LogP contribution is -2.42. The molecule has 0 aliphatic carbocycles. The molecule has 2 N–H and O–H groups in total. The Kier molecular flexibility index (Phi) is 6.15. The summed E-state index contributed by atoms with van der Waals surface area (Å²) < 4.78 is 1.89. The average Bonchev–Trinajstić information content (AvgIpc) is 2.97. The van der Waals surface area contributed by atoms with Gasteiger partial charge in [-0.05, 0) is 31.4 Å². The predicted molar refractivity (Wildman–Crippen MR) is 72.7 cm³/mol. The highest BCUT2D eigenvalue weighted by molar-refractivity contribution is 5.85. The Morgan fingerprint density at radius 1 is 1.67 bits per heavy atom. The van der Waals surface area contributed by atoms with Crippen molar-refractivity contribution >= 4 is 18.3 Å². The Bertz CT molecular complexity index is 349. The maximum Gasteiger partial charge on any atom is 0.237 e. The molecule has 5 nitrogen and oxygen atoms in total. The summed E-state index contributed by atoms with van der Waals surface area (Å²) in [6.07, 6.45) is 5.77. The maximum absolute atomic E-state index is 11.8. The van der Waals surface area contributed by atoms with Crippen LogP contribution >= 0.6 is 12.4 Å². The third kappa shape index (κ3) is 4.31. The first-order valence-electron chi connectivity index (χ1n) is 6.24. The van der Waals surface area contributed by atoms with E-state index in [-0.39, 0.29) is 24.4 Å². The predicted octanol–water partition coefficient (Wildman–Crippen LogP) is 0.809. The van der Waals surface area contributed by atoms with Crippen molar-refractivity contribution in [2.24, 2.45) is 5.92 Å². The van der Waals surface area contributed by atoms with Gasteiger partial charge in [-0.1, -0.05) is 6.92 Å². The number of halogens is 1. The summed E-state index contributed by atoms with van der Waals surface area (Å²) in [4.78, 5) is 11.8. The molecule has 18 heavy (non-hydrogen) atoms. The summed E-state index contributed by atoms with van der Waals surface area (Å²) in [6, 6.07) is 1.93.